The van der Waals surface area contributed by atoms with Crippen molar-refractivity contribution in [2.45, 2.75) is 40.2 Å². The van der Waals surface area contributed by atoms with Crippen LogP contribution in [0.5, 0.6) is 5.75 Å². The summed E-state index contributed by atoms with van der Waals surface area (Å²) in [5, 5.41) is 14.9. The molecule has 0 saturated carbocycles. The summed E-state index contributed by atoms with van der Waals surface area (Å²) in [6.07, 6.45) is 6.82. The van der Waals surface area contributed by atoms with Crippen LogP contribution in [0, 0.1) is 5.92 Å². The highest BCUT2D eigenvalue weighted by atomic mass is 16.3. The van der Waals surface area contributed by atoms with Gasteiger partial charge in [-0.25, -0.2) is 4.98 Å². The van der Waals surface area contributed by atoms with Gasteiger partial charge in [-0.3, -0.25) is 13.9 Å². The van der Waals surface area contributed by atoms with Gasteiger partial charge in [-0.05, 0) is 17.9 Å². The molecule has 0 aliphatic rings. The molecule has 6 nitrogen and oxygen atoms in total. The molecule has 0 aromatic carbocycles. The molecule has 3 aromatic heterocycles. The Hall–Kier alpha value is -2.63. The maximum atomic E-state index is 12.5. The predicted octanol–water partition coefficient (Wildman–Crippen LogP) is 3.04. The van der Waals surface area contributed by atoms with Crippen molar-refractivity contribution in [3.05, 3.63) is 46.8 Å². The van der Waals surface area contributed by atoms with Gasteiger partial charge in [-0.15, -0.1) is 0 Å². The van der Waals surface area contributed by atoms with E-state index in [-0.39, 0.29) is 22.9 Å². The third kappa shape index (κ3) is 2.79. The zero-order valence-corrected chi connectivity index (χ0v) is 14.4. The van der Waals surface area contributed by atoms with Crippen molar-refractivity contribution in [1.29, 1.82) is 0 Å². The second-order valence-corrected chi connectivity index (χ2v) is 6.79. The number of aromatic nitrogens is 4. The molecule has 0 aliphatic heterocycles. The predicted molar refractivity (Wildman–Crippen MR) is 93.3 cm³/mol. The Bertz CT molecular complexity index is 938. The van der Waals surface area contributed by atoms with E-state index in [1.54, 1.807) is 24.7 Å². The quantitative estimate of drug-likeness (QED) is 0.800. The summed E-state index contributed by atoms with van der Waals surface area (Å²) in [7, 11) is 0. The minimum atomic E-state index is -0.146. The van der Waals surface area contributed by atoms with E-state index in [1.165, 1.54) is 4.40 Å². The van der Waals surface area contributed by atoms with Gasteiger partial charge < -0.3 is 5.11 Å². The van der Waals surface area contributed by atoms with Crippen LogP contribution in [0.3, 0.4) is 0 Å². The number of nitrogens with zero attached hydrogens (tertiary/aromatic N) is 4. The lowest BCUT2D eigenvalue weighted by molar-refractivity contribution is 0.478. The Morgan fingerprint density at radius 2 is 1.96 bits per heavy atom. The van der Waals surface area contributed by atoms with Crippen molar-refractivity contribution in [1.82, 2.24) is 19.2 Å². The third-order valence-corrected chi connectivity index (χ3v) is 4.00. The van der Waals surface area contributed by atoms with E-state index in [1.807, 2.05) is 24.7 Å². The molecule has 3 aromatic rings. The molecule has 0 saturated heterocycles. The number of rotatable bonds is 4. The first kappa shape index (κ1) is 16.2. The van der Waals surface area contributed by atoms with Crippen LogP contribution in [-0.2, 0) is 6.54 Å². The maximum Gasteiger partial charge on any atom is 0.261 e. The first-order valence-corrected chi connectivity index (χ1v) is 8.14. The minimum Gasteiger partial charge on any atom is -0.504 e. The summed E-state index contributed by atoms with van der Waals surface area (Å²) in [6, 6.07) is 1.73. The molecule has 0 aliphatic carbocycles. The van der Waals surface area contributed by atoms with Crippen LogP contribution in [0.15, 0.2) is 35.6 Å². The van der Waals surface area contributed by atoms with E-state index < -0.39 is 0 Å². The second-order valence-electron chi connectivity index (χ2n) is 6.79. The van der Waals surface area contributed by atoms with Crippen molar-refractivity contribution in [2.24, 2.45) is 5.92 Å². The zero-order chi connectivity index (χ0) is 17.4. The standard InChI is InChI=1S/C18H22N4O2/c1-11(2)9-21-10-13(7-20-21)14-5-6-22-17(16(14)23)19-8-15(12(3)4)18(22)24/h5-8,10-12,23H,9H2,1-4H3. The lowest BCUT2D eigenvalue weighted by Crippen LogP contribution is -2.20. The van der Waals surface area contributed by atoms with Gasteiger partial charge in [0.25, 0.3) is 5.56 Å². The number of hydrogen-bond donors (Lipinski definition) is 1. The highest BCUT2D eigenvalue weighted by Gasteiger charge is 2.15. The fourth-order valence-electron chi connectivity index (χ4n) is 2.75. The molecule has 3 heterocycles. The van der Waals surface area contributed by atoms with Gasteiger partial charge in [0.1, 0.15) is 0 Å². The van der Waals surface area contributed by atoms with Crippen LogP contribution in [0.2, 0.25) is 0 Å². The van der Waals surface area contributed by atoms with Crippen molar-refractivity contribution in [3.63, 3.8) is 0 Å². The molecule has 1 N–H and O–H groups in total. The molecule has 126 valence electrons. The monoisotopic (exact) mass is 326 g/mol. The SMILES string of the molecule is CC(C)Cn1cc(-c2ccn3c(=O)c(C(C)C)cnc3c2O)cn1. The molecule has 0 fully saturated rings. The molecular weight excluding hydrogens is 304 g/mol. The average molecular weight is 326 g/mol. The number of fused-ring (bicyclic) bond motifs is 1. The van der Waals surface area contributed by atoms with E-state index in [4.69, 9.17) is 0 Å². The summed E-state index contributed by atoms with van der Waals surface area (Å²) in [5.41, 5.74) is 2.17. The van der Waals surface area contributed by atoms with Crippen LogP contribution in [0.4, 0.5) is 0 Å². The van der Waals surface area contributed by atoms with Gasteiger partial charge in [0.15, 0.2) is 11.4 Å². The van der Waals surface area contributed by atoms with Gasteiger partial charge in [0.05, 0.1) is 6.20 Å². The maximum absolute atomic E-state index is 12.5. The molecule has 0 spiro atoms. The van der Waals surface area contributed by atoms with Gasteiger partial charge in [-0.1, -0.05) is 27.7 Å². The molecule has 6 heteroatoms. The molecule has 0 unspecified atom stereocenters. The van der Waals surface area contributed by atoms with Crippen LogP contribution in [0.25, 0.3) is 16.8 Å². The lowest BCUT2D eigenvalue weighted by atomic mass is 10.1. The van der Waals surface area contributed by atoms with E-state index in [0.29, 0.717) is 17.0 Å². The largest absolute Gasteiger partial charge is 0.504 e. The van der Waals surface area contributed by atoms with Gasteiger partial charge in [-0.2, -0.15) is 5.10 Å². The fourth-order valence-corrected chi connectivity index (χ4v) is 2.75. The van der Waals surface area contributed by atoms with Crippen molar-refractivity contribution < 1.29 is 5.11 Å². The van der Waals surface area contributed by atoms with Gasteiger partial charge >= 0.3 is 0 Å². The highest BCUT2D eigenvalue weighted by Crippen LogP contribution is 2.31. The molecule has 0 radical (unpaired) electrons. The Morgan fingerprint density at radius 3 is 2.62 bits per heavy atom. The number of aromatic hydroxyl groups is 1. The van der Waals surface area contributed by atoms with E-state index >= 15 is 0 Å². The Labute approximate surface area is 140 Å². The summed E-state index contributed by atoms with van der Waals surface area (Å²) in [4.78, 5) is 16.8. The topological polar surface area (TPSA) is 72.4 Å². The normalized spacial score (nSPS) is 11.8. The second kappa shape index (κ2) is 6.11. The third-order valence-electron chi connectivity index (χ3n) is 4.00. The van der Waals surface area contributed by atoms with Crippen molar-refractivity contribution in [3.8, 4) is 16.9 Å². The van der Waals surface area contributed by atoms with Crippen LogP contribution < -0.4 is 5.56 Å². The summed E-state index contributed by atoms with van der Waals surface area (Å²) >= 11 is 0. The molecule has 0 amide bonds. The number of hydrogen-bond acceptors (Lipinski definition) is 4. The molecule has 24 heavy (non-hydrogen) atoms. The Morgan fingerprint density at radius 1 is 1.21 bits per heavy atom. The van der Waals surface area contributed by atoms with Crippen LogP contribution in [-0.4, -0.2) is 24.3 Å². The van der Waals surface area contributed by atoms with Crippen LogP contribution >= 0.6 is 0 Å². The fraction of sp³-hybridized carbons (Fsp3) is 0.389. The molecular formula is C18H22N4O2. The van der Waals surface area contributed by atoms with Crippen molar-refractivity contribution >= 4 is 5.65 Å². The van der Waals surface area contributed by atoms with E-state index in [0.717, 1.165) is 12.1 Å². The van der Waals surface area contributed by atoms with Gasteiger partial charge in [0, 0.05) is 41.8 Å². The highest BCUT2D eigenvalue weighted by molar-refractivity contribution is 5.76. The van der Waals surface area contributed by atoms with E-state index in [2.05, 4.69) is 23.9 Å². The lowest BCUT2D eigenvalue weighted by Gasteiger charge is -2.10. The Balaban J connectivity index is 2.11. The first-order chi connectivity index (χ1) is 11.4. The molecule has 3 rings (SSSR count). The first-order valence-electron chi connectivity index (χ1n) is 8.14. The number of pyridine rings is 1. The van der Waals surface area contributed by atoms with Crippen molar-refractivity contribution in [2.75, 3.05) is 0 Å². The van der Waals surface area contributed by atoms with Crippen LogP contribution in [0.1, 0.15) is 39.2 Å². The average Bonchev–Trinajstić information content (AvgIpc) is 2.95. The van der Waals surface area contributed by atoms with E-state index in [9.17, 15) is 9.90 Å². The molecule has 0 atom stereocenters. The molecule has 0 bridgehead atoms. The smallest absolute Gasteiger partial charge is 0.261 e. The van der Waals surface area contributed by atoms with Gasteiger partial charge in [0.2, 0.25) is 0 Å². The summed E-state index contributed by atoms with van der Waals surface area (Å²) < 4.78 is 3.25. The Kier molecular flexibility index (Phi) is 4.13. The minimum absolute atomic E-state index is 0.00555. The zero-order valence-electron chi connectivity index (χ0n) is 14.4. The summed E-state index contributed by atoms with van der Waals surface area (Å²) in [6.45, 7) is 8.95. The summed E-state index contributed by atoms with van der Waals surface area (Å²) in [5.74, 6) is 0.560.